The number of benzene rings is 7. The number of aromatic hydroxyl groups is 11. The predicted molar refractivity (Wildman–Crippen MR) is 231 cm³/mol. The van der Waals surface area contributed by atoms with Crippen LogP contribution in [0.3, 0.4) is 0 Å². The zero-order valence-electron chi connectivity index (χ0n) is 32.8. The molecule has 3 heterocycles. The van der Waals surface area contributed by atoms with Gasteiger partial charge in [-0.1, -0.05) is 54.6 Å². The topological polar surface area (TPSA) is 328 Å². The van der Waals surface area contributed by atoms with Gasteiger partial charge in [0.15, 0.2) is 63.3 Å². The number of hydrogen-bond acceptors (Lipinski definition) is 18. The van der Waals surface area contributed by atoms with Crippen LogP contribution in [0.4, 0.5) is 0 Å². The summed E-state index contributed by atoms with van der Waals surface area (Å²) >= 11 is 0. The highest BCUT2D eigenvalue weighted by molar-refractivity contribution is 6.24. The highest BCUT2D eigenvalue weighted by atomic mass is 16.4. The van der Waals surface area contributed by atoms with Crippen molar-refractivity contribution in [2.24, 2.45) is 0 Å². The molecule has 1 aliphatic carbocycles. The molecule has 65 heavy (non-hydrogen) atoms. The molecule has 18 heteroatoms. The van der Waals surface area contributed by atoms with E-state index in [-0.39, 0.29) is 45.1 Å². The number of furan rings is 2. The Balaban J connectivity index is 1.18. The molecular weight excluding hydrogens is 847 g/mol. The van der Waals surface area contributed by atoms with Crippen LogP contribution in [0, 0.1) is 0 Å². The van der Waals surface area contributed by atoms with E-state index in [0.29, 0.717) is 27.7 Å². The first kappa shape index (κ1) is 38.6. The van der Waals surface area contributed by atoms with Gasteiger partial charge < -0.3 is 75.2 Å². The predicted octanol–water partition coefficient (Wildman–Crippen LogP) is 8.34. The van der Waals surface area contributed by atoms with Crippen LogP contribution in [-0.4, -0.2) is 81.3 Å². The third kappa shape index (κ3) is 5.22. The number of phenolic OH excluding ortho intramolecular Hbond substituents is 11. The molecule has 0 fully saturated rings. The molecule has 18 nitrogen and oxygen atoms in total. The minimum Gasteiger partial charge on any atom is -0.511 e. The lowest BCUT2D eigenvalue weighted by Crippen LogP contribution is -2.13. The van der Waals surface area contributed by atoms with Gasteiger partial charge in [-0.3, -0.25) is 0 Å². The molecule has 0 saturated carbocycles. The van der Waals surface area contributed by atoms with Gasteiger partial charge in [0, 0.05) is 50.0 Å². The SMILES string of the molecule is OC1=C(c2nc(-c3ccccc3)nc(-c3c(O)c(O)c4c(c3O)c(O)c(O)c3c(O)c(O)c(O)c(O)c34)n2)c2c(oc3c(O)c(O)c(-c4ccc5oc6ccccc6c5c4)cc23)C(O)C1. The minimum absolute atomic E-state index is 0.0269. The van der Waals surface area contributed by atoms with E-state index in [1.807, 2.05) is 24.3 Å². The van der Waals surface area contributed by atoms with Gasteiger partial charge in [0.25, 0.3) is 0 Å². The Morgan fingerprint density at radius 2 is 1.02 bits per heavy atom. The maximum Gasteiger partial charge on any atom is 0.205 e. The summed E-state index contributed by atoms with van der Waals surface area (Å²) in [4.78, 5) is 13.6. The molecule has 322 valence electrons. The second-order valence-electron chi connectivity index (χ2n) is 15.4. The van der Waals surface area contributed by atoms with Crippen molar-refractivity contribution in [3.63, 3.8) is 0 Å². The lowest BCUT2D eigenvalue weighted by Gasteiger charge is -2.21. The quantitative estimate of drug-likeness (QED) is 0.0448. The molecule has 3 aromatic heterocycles. The maximum absolute atomic E-state index is 11.9. The van der Waals surface area contributed by atoms with Crippen LogP contribution in [0.15, 0.2) is 93.5 Å². The van der Waals surface area contributed by atoms with Crippen LogP contribution in [0.1, 0.15) is 29.7 Å². The first-order valence-electron chi connectivity index (χ1n) is 19.5. The van der Waals surface area contributed by atoms with Crippen LogP contribution >= 0.6 is 0 Å². The molecule has 13 N–H and O–H groups in total. The molecule has 0 saturated heterocycles. The number of fused-ring (bicyclic) bond motifs is 9. The fraction of sp³-hybridized carbons (Fsp3) is 0.0426. The number of aromatic nitrogens is 3. The number of aliphatic hydroxyl groups excluding tert-OH is 2. The Bertz CT molecular complexity index is 3800. The van der Waals surface area contributed by atoms with Crippen LogP contribution in [-0.2, 0) is 0 Å². The Labute approximate surface area is 360 Å². The van der Waals surface area contributed by atoms with Gasteiger partial charge in [-0.25, -0.2) is 15.0 Å². The molecule has 10 aromatic rings. The molecule has 0 spiro atoms. The number of aliphatic hydroxyl groups is 2. The van der Waals surface area contributed by atoms with Crippen LogP contribution < -0.4 is 0 Å². The number of rotatable bonds is 4. The van der Waals surface area contributed by atoms with E-state index in [1.165, 1.54) is 6.07 Å². The Morgan fingerprint density at radius 3 is 1.74 bits per heavy atom. The van der Waals surface area contributed by atoms with Gasteiger partial charge >= 0.3 is 0 Å². The summed E-state index contributed by atoms with van der Waals surface area (Å²) in [5.74, 6) is -14.1. The molecule has 7 aromatic carbocycles. The maximum atomic E-state index is 11.9. The smallest absolute Gasteiger partial charge is 0.205 e. The third-order valence-corrected chi connectivity index (χ3v) is 11.8. The normalized spacial score (nSPS) is 14.1. The van der Waals surface area contributed by atoms with Crippen molar-refractivity contribution >= 4 is 60.0 Å². The highest BCUT2D eigenvalue weighted by Gasteiger charge is 2.37. The zero-order valence-corrected chi connectivity index (χ0v) is 32.8. The molecule has 0 bridgehead atoms. The largest absolute Gasteiger partial charge is 0.511 e. The van der Waals surface area contributed by atoms with Crippen LogP contribution in [0.2, 0.25) is 0 Å². The van der Waals surface area contributed by atoms with E-state index in [4.69, 9.17) is 8.83 Å². The van der Waals surface area contributed by atoms with Crippen molar-refractivity contribution in [3.05, 3.63) is 102 Å². The summed E-state index contributed by atoms with van der Waals surface area (Å²) in [5, 5.41) is 144. The summed E-state index contributed by atoms with van der Waals surface area (Å²) < 4.78 is 12.0. The monoisotopic (exact) mass is 875 g/mol. The van der Waals surface area contributed by atoms with Crippen LogP contribution in [0.5, 0.6) is 63.2 Å². The van der Waals surface area contributed by atoms with Crippen molar-refractivity contribution < 1.29 is 75.2 Å². The molecule has 1 atom stereocenters. The summed E-state index contributed by atoms with van der Waals surface area (Å²) in [5.41, 5.74) is 0.777. The summed E-state index contributed by atoms with van der Waals surface area (Å²) in [6, 6.07) is 22.1. The fourth-order valence-corrected chi connectivity index (χ4v) is 8.71. The number of hydrogen-bond donors (Lipinski definition) is 13. The lowest BCUT2D eigenvalue weighted by atomic mass is 9.89. The van der Waals surface area contributed by atoms with Crippen molar-refractivity contribution in [2.45, 2.75) is 12.5 Å². The van der Waals surface area contributed by atoms with E-state index in [2.05, 4.69) is 15.0 Å². The second-order valence-corrected chi connectivity index (χ2v) is 15.4. The van der Waals surface area contributed by atoms with Crippen molar-refractivity contribution in [3.8, 4) is 97.1 Å². The first-order valence-corrected chi connectivity index (χ1v) is 19.5. The first-order chi connectivity index (χ1) is 31.2. The molecule has 0 radical (unpaired) electrons. The molecule has 0 aliphatic heterocycles. The number of phenols is 11. The van der Waals surface area contributed by atoms with Gasteiger partial charge in [0.1, 0.15) is 40.1 Å². The highest BCUT2D eigenvalue weighted by Crippen LogP contribution is 2.62. The molecule has 11 rings (SSSR count). The fourth-order valence-electron chi connectivity index (χ4n) is 8.71. The van der Waals surface area contributed by atoms with Crippen molar-refractivity contribution in [1.29, 1.82) is 0 Å². The van der Waals surface area contributed by atoms with Gasteiger partial charge in [-0.2, -0.15) is 0 Å². The Morgan fingerprint density at radius 1 is 0.431 bits per heavy atom. The standard InChI is InChI=1S/C47H29N3O15/c51-21-14-22(52)44-25(20-13-18(32(53)42(63)43(20)65-44)16-10-11-24-19(12-16)17-8-4-5-9-23(17)64-24)26(21)46-48-45(15-6-2-1-3-7-15)49-47(50-46)31-33(54)29-27(34(55)39(31)60)28-30(37(58)36(29)57)38(59)41(62)40(61)35(28)56/h1-13,22,51-63H,14H2. The Kier molecular flexibility index (Phi) is 7.93. The van der Waals surface area contributed by atoms with Gasteiger partial charge in [-0.15, -0.1) is 0 Å². The number of nitrogens with zero attached hydrogens (tertiary/aromatic N) is 3. The average molecular weight is 876 g/mol. The van der Waals surface area contributed by atoms with Crippen molar-refractivity contribution in [1.82, 2.24) is 15.0 Å². The lowest BCUT2D eigenvalue weighted by molar-refractivity contribution is 0.134. The minimum atomic E-state index is -1.50. The van der Waals surface area contributed by atoms with Gasteiger partial charge in [0.05, 0.1) is 16.3 Å². The van der Waals surface area contributed by atoms with Gasteiger partial charge in [0.2, 0.25) is 17.2 Å². The molecule has 1 aliphatic rings. The molecule has 0 amide bonds. The number of para-hydroxylation sites is 1. The van der Waals surface area contributed by atoms with E-state index < -0.39 is 114 Å². The van der Waals surface area contributed by atoms with Crippen LogP contribution in [0.25, 0.3) is 93.9 Å². The van der Waals surface area contributed by atoms with E-state index in [1.54, 1.807) is 48.5 Å². The average Bonchev–Trinajstić information content (AvgIpc) is 3.88. The molecular formula is C47H29N3O15. The Hall–Kier alpha value is -9.29. The van der Waals surface area contributed by atoms with E-state index in [9.17, 15) is 66.4 Å². The van der Waals surface area contributed by atoms with Crippen molar-refractivity contribution in [2.75, 3.05) is 0 Å². The van der Waals surface area contributed by atoms with E-state index in [0.717, 1.165) is 5.39 Å². The zero-order chi connectivity index (χ0) is 45.5. The third-order valence-electron chi connectivity index (χ3n) is 11.8. The van der Waals surface area contributed by atoms with Gasteiger partial charge in [-0.05, 0) is 29.8 Å². The summed E-state index contributed by atoms with van der Waals surface area (Å²) in [7, 11) is 0. The second kappa shape index (κ2) is 13.4. The molecule has 1 unspecified atom stereocenters. The summed E-state index contributed by atoms with van der Waals surface area (Å²) in [6.45, 7) is 0. The van der Waals surface area contributed by atoms with E-state index >= 15 is 0 Å². The summed E-state index contributed by atoms with van der Waals surface area (Å²) in [6.07, 6.45) is -1.97.